The maximum absolute atomic E-state index is 5.29. The SMILES string of the molecule is Br.Cn1ccnc1N. The highest BCUT2D eigenvalue weighted by Gasteiger charge is 1.84. The molecule has 2 N–H and O–H groups in total. The lowest BCUT2D eigenvalue weighted by atomic mass is 10.9. The fraction of sp³-hybridized carbons (Fsp3) is 0.250. The summed E-state index contributed by atoms with van der Waals surface area (Å²) in [5.41, 5.74) is 5.29. The van der Waals surface area contributed by atoms with Crippen LogP contribution in [-0.4, -0.2) is 9.55 Å². The Morgan fingerprint density at radius 2 is 2.38 bits per heavy atom. The largest absolute Gasteiger partial charge is 0.369 e. The first kappa shape index (κ1) is 7.49. The third-order valence-corrected chi connectivity index (χ3v) is 0.858. The van der Waals surface area contributed by atoms with E-state index in [1.807, 2.05) is 7.05 Å². The van der Waals surface area contributed by atoms with Crippen molar-refractivity contribution in [2.45, 2.75) is 0 Å². The Hall–Kier alpha value is -0.510. The number of hydrogen-bond donors (Lipinski definition) is 1. The summed E-state index contributed by atoms with van der Waals surface area (Å²) in [5.74, 6) is 0.556. The van der Waals surface area contributed by atoms with Gasteiger partial charge in [0.1, 0.15) is 0 Å². The van der Waals surface area contributed by atoms with E-state index in [1.165, 1.54) is 0 Å². The van der Waals surface area contributed by atoms with Gasteiger partial charge < -0.3 is 10.3 Å². The van der Waals surface area contributed by atoms with E-state index in [0.717, 1.165) is 0 Å². The van der Waals surface area contributed by atoms with Gasteiger partial charge in [0, 0.05) is 19.4 Å². The Labute approximate surface area is 58.3 Å². The van der Waals surface area contributed by atoms with E-state index in [-0.39, 0.29) is 17.0 Å². The monoisotopic (exact) mass is 177 g/mol. The van der Waals surface area contributed by atoms with Crippen LogP contribution in [0.4, 0.5) is 5.95 Å². The molecular formula is C4H8BrN3. The predicted molar refractivity (Wildman–Crippen MR) is 37.9 cm³/mol. The zero-order valence-corrected chi connectivity index (χ0v) is 6.25. The van der Waals surface area contributed by atoms with E-state index >= 15 is 0 Å². The molecule has 1 aromatic heterocycles. The minimum absolute atomic E-state index is 0. The number of nitrogens with zero attached hydrogens (tertiary/aromatic N) is 2. The molecule has 0 saturated heterocycles. The van der Waals surface area contributed by atoms with Crippen LogP contribution in [0.1, 0.15) is 0 Å². The van der Waals surface area contributed by atoms with E-state index < -0.39 is 0 Å². The lowest BCUT2D eigenvalue weighted by molar-refractivity contribution is 0.930. The summed E-state index contributed by atoms with van der Waals surface area (Å²) in [6.07, 6.45) is 3.46. The van der Waals surface area contributed by atoms with Crippen molar-refractivity contribution in [2.75, 3.05) is 5.73 Å². The second-order valence-corrected chi connectivity index (χ2v) is 1.40. The smallest absolute Gasteiger partial charge is 0.199 e. The fourth-order valence-electron chi connectivity index (χ4n) is 0.377. The number of nitrogen functional groups attached to an aromatic ring is 1. The number of halogens is 1. The molecule has 0 saturated carbocycles. The highest BCUT2D eigenvalue weighted by molar-refractivity contribution is 8.93. The highest BCUT2D eigenvalue weighted by Crippen LogP contribution is 1.90. The molecule has 0 bridgehead atoms. The Bertz CT molecular complexity index is 144. The van der Waals surface area contributed by atoms with E-state index in [9.17, 15) is 0 Å². The molecule has 0 amide bonds. The van der Waals surface area contributed by atoms with Crippen LogP contribution in [0.15, 0.2) is 12.4 Å². The van der Waals surface area contributed by atoms with Crippen LogP contribution in [0.25, 0.3) is 0 Å². The van der Waals surface area contributed by atoms with Crippen molar-refractivity contribution in [3.63, 3.8) is 0 Å². The van der Waals surface area contributed by atoms with E-state index in [4.69, 9.17) is 5.73 Å². The van der Waals surface area contributed by atoms with Gasteiger partial charge in [0.15, 0.2) is 5.95 Å². The zero-order chi connectivity index (χ0) is 5.28. The molecule has 0 aliphatic heterocycles. The van der Waals surface area contributed by atoms with E-state index in [2.05, 4.69) is 4.98 Å². The minimum atomic E-state index is 0. The third kappa shape index (κ3) is 1.23. The summed E-state index contributed by atoms with van der Waals surface area (Å²) in [5, 5.41) is 0. The molecule has 3 nitrogen and oxygen atoms in total. The summed E-state index contributed by atoms with van der Waals surface area (Å²) in [6, 6.07) is 0. The maximum atomic E-state index is 5.29. The highest BCUT2D eigenvalue weighted by atomic mass is 79.9. The van der Waals surface area contributed by atoms with Gasteiger partial charge >= 0.3 is 0 Å². The second-order valence-electron chi connectivity index (χ2n) is 1.40. The number of aryl methyl sites for hydroxylation is 1. The average molecular weight is 178 g/mol. The van der Waals surface area contributed by atoms with Crippen molar-refractivity contribution < 1.29 is 0 Å². The molecule has 46 valence electrons. The Balaban J connectivity index is 0.000000490. The van der Waals surface area contributed by atoms with Crippen LogP contribution < -0.4 is 5.73 Å². The first-order chi connectivity index (χ1) is 3.30. The molecular weight excluding hydrogens is 170 g/mol. The van der Waals surface area contributed by atoms with Crippen LogP contribution in [0.2, 0.25) is 0 Å². The molecule has 0 atom stereocenters. The fourth-order valence-corrected chi connectivity index (χ4v) is 0.377. The van der Waals surface area contributed by atoms with Crippen molar-refractivity contribution >= 4 is 22.9 Å². The van der Waals surface area contributed by atoms with Gasteiger partial charge in [-0.25, -0.2) is 4.98 Å². The van der Waals surface area contributed by atoms with E-state index in [1.54, 1.807) is 17.0 Å². The number of rotatable bonds is 0. The van der Waals surface area contributed by atoms with Crippen LogP contribution in [0, 0.1) is 0 Å². The molecule has 0 aliphatic rings. The normalized spacial score (nSPS) is 8.12. The quantitative estimate of drug-likeness (QED) is 0.631. The standard InChI is InChI=1S/C4H7N3.BrH/c1-7-3-2-6-4(7)5;/h2-3H,1H3,(H2,5,6);1H. The first-order valence-corrected chi connectivity index (χ1v) is 2.03. The maximum Gasteiger partial charge on any atom is 0.199 e. The molecule has 0 fully saturated rings. The molecule has 0 unspecified atom stereocenters. The molecule has 1 rings (SSSR count). The van der Waals surface area contributed by atoms with Crippen molar-refractivity contribution in [3.8, 4) is 0 Å². The van der Waals surface area contributed by atoms with Gasteiger partial charge in [-0.2, -0.15) is 0 Å². The van der Waals surface area contributed by atoms with E-state index in [0.29, 0.717) is 5.95 Å². The molecule has 1 heterocycles. The van der Waals surface area contributed by atoms with Gasteiger partial charge in [-0.05, 0) is 0 Å². The van der Waals surface area contributed by atoms with Crippen molar-refractivity contribution in [1.82, 2.24) is 9.55 Å². The summed E-state index contributed by atoms with van der Waals surface area (Å²) < 4.78 is 1.75. The molecule has 8 heavy (non-hydrogen) atoms. The van der Waals surface area contributed by atoms with Crippen LogP contribution in [0.5, 0.6) is 0 Å². The van der Waals surface area contributed by atoms with Gasteiger partial charge in [0.05, 0.1) is 0 Å². The van der Waals surface area contributed by atoms with Crippen molar-refractivity contribution in [1.29, 1.82) is 0 Å². The summed E-state index contributed by atoms with van der Waals surface area (Å²) in [6.45, 7) is 0. The topological polar surface area (TPSA) is 43.8 Å². The van der Waals surface area contributed by atoms with Crippen LogP contribution in [-0.2, 0) is 7.05 Å². The number of imidazole rings is 1. The number of nitrogens with two attached hydrogens (primary N) is 1. The van der Waals surface area contributed by atoms with Gasteiger partial charge in [-0.3, -0.25) is 0 Å². The summed E-state index contributed by atoms with van der Waals surface area (Å²) in [4.78, 5) is 3.76. The number of aromatic nitrogens is 2. The lowest BCUT2D eigenvalue weighted by Gasteiger charge is -1.87. The number of hydrogen-bond acceptors (Lipinski definition) is 2. The van der Waals surface area contributed by atoms with Crippen LogP contribution in [0.3, 0.4) is 0 Å². The first-order valence-electron chi connectivity index (χ1n) is 2.03. The predicted octanol–water partition coefficient (Wildman–Crippen LogP) is 0.580. The summed E-state index contributed by atoms with van der Waals surface area (Å²) >= 11 is 0. The van der Waals surface area contributed by atoms with Gasteiger partial charge in [-0.1, -0.05) is 0 Å². The zero-order valence-electron chi connectivity index (χ0n) is 4.53. The third-order valence-electron chi connectivity index (χ3n) is 0.858. The second kappa shape index (κ2) is 2.71. The Morgan fingerprint density at radius 3 is 2.50 bits per heavy atom. The van der Waals surface area contributed by atoms with Crippen LogP contribution >= 0.6 is 17.0 Å². The van der Waals surface area contributed by atoms with Gasteiger partial charge in [0.2, 0.25) is 0 Å². The molecule has 0 radical (unpaired) electrons. The average Bonchev–Trinajstić information content (AvgIpc) is 1.91. The lowest BCUT2D eigenvalue weighted by Crippen LogP contribution is -1.94. The number of anilines is 1. The Kier molecular flexibility index (Phi) is 2.54. The van der Waals surface area contributed by atoms with Crippen molar-refractivity contribution in [3.05, 3.63) is 12.4 Å². The molecule has 4 heteroatoms. The summed E-state index contributed by atoms with van der Waals surface area (Å²) in [7, 11) is 1.85. The van der Waals surface area contributed by atoms with Gasteiger partial charge in [-0.15, -0.1) is 17.0 Å². The van der Waals surface area contributed by atoms with Gasteiger partial charge in [0.25, 0.3) is 0 Å². The molecule has 0 aromatic carbocycles. The Morgan fingerprint density at radius 1 is 1.75 bits per heavy atom. The molecule has 0 spiro atoms. The van der Waals surface area contributed by atoms with Crippen molar-refractivity contribution in [2.24, 2.45) is 7.05 Å². The molecule has 0 aliphatic carbocycles. The molecule has 1 aromatic rings. The minimum Gasteiger partial charge on any atom is -0.369 e.